The topological polar surface area (TPSA) is 64.1 Å². The van der Waals surface area contributed by atoms with Crippen molar-refractivity contribution < 1.29 is 9.47 Å². The SMILES string of the molecule is CCCc1n[nH]c(=S)n1NCc1cc(Cl)c(OCc2ccccc2Cl)c(OCC)c1. The van der Waals surface area contributed by atoms with E-state index in [1.165, 1.54) is 0 Å². The van der Waals surface area contributed by atoms with Gasteiger partial charge in [-0.15, -0.1) is 0 Å². The fraction of sp³-hybridized carbons (Fsp3) is 0.333. The van der Waals surface area contributed by atoms with Crippen molar-refractivity contribution in [3.63, 3.8) is 0 Å². The molecule has 0 saturated carbocycles. The van der Waals surface area contributed by atoms with Gasteiger partial charge in [-0.3, -0.25) is 5.10 Å². The van der Waals surface area contributed by atoms with Crippen molar-refractivity contribution in [3.8, 4) is 11.5 Å². The predicted octanol–water partition coefficient (Wildman–Crippen LogP) is 5.92. The molecule has 0 unspecified atom stereocenters. The largest absolute Gasteiger partial charge is 0.490 e. The van der Waals surface area contributed by atoms with Crippen LogP contribution in [-0.2, 0) is 19.6 Å². The van der Waals surface area contributed by atoms with Crippen molar-refractivity contribution in [2.75, 3.05) is 12.0 Å². The Morgan fingerprint density at radius 1 is 1.13 bits per heavy atom. The molecule has 0 aliphatic carbocycles. The van der Waals surface area contributed by atoms with Crippen molar-refractivity contribution >= 4 is 35.4 Å². The van der Waals surface area contributed by atoms with Crippen LogP contribution in [0.2, 0.25) is 10.0 Å². The van der Waals surface area contributed by atoms with Crippen molar-refractivity contribution in [1.29, 1.82) is 0 Å². The van der Waals surface area contributed by atoms with Crippen molar-refractivity contribution in [3.05, 3.63) is 68.2 Å². The molecule has 3 aromatic rings. The lowest BCUT2D eigenvalue weighted by Crippen LogP contribution is -2.17. The highest BCUT2D eigenvalue weighted by atomic mass is 35.5. The first-order chi connectivity index (χ1) is 14.5. The van der Waals surface area contributed by atoms with Crippen LogP contribution in [0.25, 0.3) is 0 Å². The van der Waals surface area contributed by atoms with Gasteiger partial charge in [-0.05, 0) is 49.3 Å². The summed E-state index contributed by atoms with van der Waals surface area (Å²) in [7, 11) is 0. The molecule has 0 bridgehead atoms. The van der Waals surface area contributed by atoms with Crippen LogP contribution < -0.4 is 14.9 Å². The first-order valence-electron chi connectivity index (χ1n) is 9.75. The van der Waals surface area contributed by atoms with Crippen LogP contribution in [0.1, 0.15) is 37.2 Å². The maximum absolute atomic E-state index is 6.54. The van der Waals surface area contributed by atoms with E-state index in [2.05, 4.69) is 22.5 Å². The van der Waals surface area contributed by atoms with Crippen molar-refractivity contribution in [2.24, 2.45) is 0 Å². The molecule has 1 heterocycles. The molecule has 3 rings (SSSR count). The van der Waals surface area contributed by atoms with Crippen LogP contribution in [0.5, 0.6) is 11.5 Å². The second-order valence-corrected chi connectivity index (χ2v) is 7.78. The minimum Gasteiger partial charge on any atom is -0.490 e. The number of aromatic amines is 1. The number of benzene rings is 2. The first kappa shape index (κ1) is 22.5. The van der Waals surface area contributed by atoms with E-state index in [4.69, 9.17) is 44.9 Å². The third-order valence-electron chi connectivity index (χ3n) is 4.36. The van der Waals surface area contributed by atoms with Gasteiger partial charge in [0.1, 0.15) is 6.61 Å². The lowest BCUT2D eigenvalue weighted by molar-refractivity contribution is 0.269. The van der Waals surface area contributed by atoms with E-state index in [0.717, 1.165) is 29.8 Å². The van der Waals surface area contributed by atoms with Gasteiger partial charge in [0.2, 0.25) is 4.77 Å². The maximum Gasteiger partial charge on any atom is 0.214 e. The van der Waals surface area contributed by atoms with E-state index < -0.39 is 0 Å². The Morgan fingerprint density at radius 2 is 1.93 bits per heavy atom. The van der Waals surface area contributed by atoms with Crippen molar-refractivity contribution in [1.82, 2.24) is 14.9 Å². The number of aryl methyl sites for hydroxylation is 1. The number of rotatable bonds is 10. The molecule has 1 aromatic heterocycles. The molecule has 160 valence electrons. The lowest BCUT2D eigenvalue weighted by Gasteiger charge is -2.16. The molecule has 2 N–H and O–H groups in total. The van der Waals surface area contributed by atoms with Crippen LogP contribution >= 0.6 is 35.4 Å². The number of halogens is 2. The van der Waals surface area contributed by atoms with Crippen LogP contribution in [0.3, 0.4) is 0 Å². The Morgan fingerprint density at radius 3 is 2.67 bits per heavy atom. The van der Waals surface area contributed by atoms with E-state index in [9.17, 15) is 0 Å². The third kappa shape index (κ3) is 5.47. The molecule has 0 amide bonds. The fourth-order valence-electron chi connectivity index (χ4n) is 2.95. The quantitative estimate of drug-likeness (QED) is 0.363. The van der Waals surface area contributed by atoms with Crippen LogP contribution in [-0.4, -0.2) is 21.5 Å². The maximum atomic E-state index is 6.54. The molecule has 0 saturated heterocycles. The number of aromatic nitrogens is 3. The zero-order valence-electron chi connectivity index (χ0n) is 16.9. The third-order valence-corrected chi connectivity index (χ3v) is 5.28. The molecule has 0 radical (unpaired) electrons. The molecule has 2 aromatic carbocycles. The average molecular weight is 467 g/mol. The van der Waals surface area contributed by atoms with Gasteiger partial charge in [0.25, 0.3) is 0 Å². The van der Waals surface area contributed by atoms with Crippen LogP contribution in [0.15, 0.2) is 36.4 Å². The summed E-state index contributed by atoms with van der Waals surface area (Å²) in [6.07, 6.45) is 1.79. The summed E-state index contributed by atoms with van der Waals surface area (Å²) in [5.41, 5.74) is 5.10. The number of ether oxygens (including phenoxy) is 2. The summed E-state index contributed by atoms with van der Waals surface area (Å²) < 4.78 is 14.1. The molecule has 0 aliphatic rings. The summed E-state index contributed by atoms with van der Waals surface area (Å²) >= 11 is 18.1. The van der Waals surface area contributed by atoms with E-state index in [-0.39, 0.29) is 0 Å². The highest BCUT2D eigenvalue weighted by molar-refractivity contribution is 7.71. The zero-order valence-corrected chi connectivity index (χ0v) is 19.2. The predicted molar refractivity (Wildman–Crippen MR) is 123 cm³/mol. The van der Waals surface area contributed by atoms with Gasteiger partial charge in [0.05, 0.1) is 18.2 Å². The van der Waals surface area contributed by atoms with Gasteiger partial charge in [-0.1, -0.05) is 48.3 Å². The number of H-pyrrole nitrogens is 1. The Balaban J connectivity index is 1.78. The molecule has 9 heteroatoms. The Kier molecular flexibility index (Phi) is 8.01. The van der Waals surface area contributed by atoms with Crippen LogP contribution in [0.4, 0.5) is 0 Å². The minimum atomic E-state index is 0.293. The molecule has 0 aliphatic heterocycles. The normalized spacial score (nSPS) is 10.8. The average Bonchev–Trinajstić information content (AvgIpc) is 3.07. The van der Waals surface area contributed by atoms with Gasteiger partial charge in [-0.25, -0.2) is 4.68 Å². The Bertz CT molecular complexity index is 1050. The van der Waals surface area contributed by atoms with E-state index in [1.54, 1.807) is 4.68 Å². The summed E-state index contributed by atoms with van der Waals surface area (Å²) in [6, 6.07) is 11.3. The molecule has 0 fully saturated rings. The first-order valence-corrected chi connectivity index (χ1v) is 10.9. The second kappa shape index (κ2) is 10.7. The fourth-order valence-corrected chi connectivity index (χ4v) is 3.64. The molecule has 30 heavy (non-hydrogen) atoms. The monoisotopic (exact) mass is 466 g/mol. The summed E-state index contributed by atoms with van der Waals surface area (Å²) in [5, 5.41) is 8.19. The molecule has 6 nitrogen and oxygen atoms in total. The van der Waals surface area contributed by atoms with Gasteiger partial charge in [0, 0.05) is 17.0 Å². The highest BCUT2D eigenvalue weighted by Gasteiger charge is 2.14. The Labute approximate surface area is 191 Å². The number of nitrogens with one attached hydrogen (secondary N) is 2. The molecule has 0 spiro atoms. The molecular formula is C21H24Cl2N4O2S. The number of hydrogen-bond donors (Lipinski definition) is 2. The minimum absolute atomic E-state index is 0.293. The van der Waals surface area contributed by atoms with Crippen molar-refractivity contribution in [2.45, 2.75) is 39.8 Å². The van der Waals surface area contributed by atoms with Gasteiger partial charge >= 0.3 is 0 Å². The van der Waals surface area contributed by atoms with E-state index >= 15 is 0 Å². The summed E-state index contributed by atoms with van der Waals surface area (Å²) in [5.74, 6) is 1.94. The lowest BCUT2D eigenvalue weighted by atomic mass is 10.2. The molecule has 0 atom stereocenters. The molecular weight excluding hydrogens is 443 g/mol. The van der Waals surface area contributed by atoms with Gasteiger partial charge < -0.3 is 14.9 Å². The number of nitrogens with zero attached hydrogens (tertiary/aromatic N) is 2. The second-order valence-electron chi connectivity index (χ2n) is 6.58. The smallest absolute Gasteiger partial charge is 0.214 e. The van der Waals surface area contributed by atoms with Gasteiger partial charge in [0.15, 0.2) is 17.3 Å². The van der Waals surface area contributed by atoms with Gasteiger partial charge in [-0.2, -0.15) is 5.10 Å². The van der Waals surface area contributed by atoms with E-state index in [1.807, 2.05) is 43.3 Å². The summed E-state index contributed by atoms with van der Waals surface area (Å²) in [6.45, 7) is 5.29. The van der Waals surface area contributed by atoms with E-state index in [0.29, 0.717) is 46.1 Å². The number of hydrogen-bond acceptors (Lipinski definition) is 5. The highest BCUT2D eigenvalue weighted by Crippen LogP contribution is 2.37. The summed E-state index contributed by atoms with van der Waals surface area (Å²) in [4.78, 5) is 0. The Hall–Kier alpha value is -2.22. The zero-order chi connectivity index (χ0) is 21.5. The standard InChI is InChI=1S/C21H24Cl2N4O2S/c1-3-7-19-25-26-21(30)27(19)24-12-14-10-17(23)20(18(11-14)28-4-2)29-13-15-8-5-6-9-16(15)22/h5-6,8-11,24H,3-4,7,12-13H2,1-2H3,(H,26,30). The van der Waals surface area contributed by atoms with Crippen LogP contribution in [0, 0.1) is 4.77 Å².